The van der Waals surface area contributed by atoms with Crippen LogP contribution in [0.4, 0.5) is 4.79 Å². The molecule has 8 heteroatoms. The quantitative estimate of drug-likeness (QED) is 0.505. The van der Waals surface area contributed by atoms with Crippen LogP contribution >= 0.6 is 34.2 Å². The SMILES string of the molecule is CC(C)(C)OC(=O)N[C@@H](Cc1ccc(OCI)c(Cl)c1)C(=O)O. The summed E-state index contributed by atoms with van der Waals surface area (Å²) in [7, 11) is 0. The Labute approximate surface area is 153 Å². The fourth-order valence-corrected chi connectivity index (χ4v) is 2.33. The Bertz CT molecular complexity index is 573. The zero-order valence-corrected chi connectivity index (χ0v) is 16.0. The molecule has 1 aromatic rings. The van der Waals surface area contributed by atoms with Crippen molar-refractivity contribution in [1.82, 2.24) is 5.32 Å². The van der Waals surface area contributed by atoms with E-state index in [1.807, 2.05) is 22.6 Å². The summed E-state index contributed by atoms with van der Waals surface area (Å²) in [6.07, 6.45) is -0.695. The van der Waals surface area contributed by atoms with Crippen molar-refractivity contribution in [2.24, 2.45) is 0 Å². The first-order valence-electron chi connectivity index (χ1n) is 6.82. The molecule has 0 fully saturated rings. The molecule has 0 radical (unpaired) electrons. The summed E-state index contributed by atoms with van der Waals surface area (Å²) in [6, 6.07) is 3.89. The van der Waals surface area contributed by atoms with E-state index in [9.17, 15) is 14.7 Å². The maximum absolute atomic E-state index is 11.7. The highest BCUT2D eigenvalue weighted by Gasteiger charge is 2.24. The van der Waals surface area contributed by atoms with Crippen molar-refractivity contribution in [3.63, 3.8) is 0 Å². The number of benzene rings is 1. The number of carbonyl (C=O) groups is 2. The molecule has 0 aliphatic carbocycles. The number of nitrogens with one attached hydrogen (secondary N) is 1. The Hall–Kier alpha value is -1.22. The number of alkyl carbamates (subject to hydrolysis) is 1. The largest absolute Gasteiger partial charge is 0.482 e. The van der Waals surface area contributed by atoms with E-state index >= 15 is 0 Å². The van der Waals surface area contributed by atoms with E-state index in [0.29, 0.717) is 20.9 Å². The van der Waals surface area contributed by atoms with E-state index < -0.39 is 23.7 Å². The second-order valence-corrected chi connectivity index (χ2v) is 6.79. The third-order valence-corrected chi connectivity index (χ3v) is 3.24. The van der Waals surface area contributed by atoms with Gasteiger partial charge in [0.2, 0.25) is 0 Å². The van der Waals surface area contributed by atoms with Gasteiger partial charge in [-0.15, -0.1) is 0 Å². The average Bonchev–Trinajstić information content (AvgIpc) is 2.39. The van der Waals surface area contributed by atoms with Gasteiger partial charge in [0.1, 0.15) is 22.0 Å². The zero-order chi connectivity index (χ0) is 17.6. The number of aliphatic carboxylic acids is 1. The number of hydrogen-bond acceptors (Lipinski definition) is 4. The van der Waals surface area contributed by atoms with Gasteiger partial charge >= 0.3 is 12.1 Å². The smallest absolute Gasteiger partial charge is 0.408 e. The van der Waals surface area contributed by atoms with Gasteiger partial charge in [-0.1, -0.05) is 17.7 Å². The summed E-state index contributed by atoms with van der Waals surface area (Å²) in [5, 5.41) is 12.0. The fraction of sp³-hybridized carbons (Fsp3) is 0.467. The number of hydrogen-bond donors (Lipinski definition) is 2. The van der Waals surface area contributed by atoms with Crippen LogP contribution in [-0.2, 0) is 16.0 Å². The van der Waals surface area contributed by atoms with Gasteiger partial charge in [-0.25, -0.2) is 9.59 Å². The maximum Gasteiger partial charge on any atom is 0.408 e. The lowest BCUT2D eigenvalue weighted by molar-refractivity contribution is -0.139. The number of carbonyl (C=O) groups excluding carboxylic acids is 1. The van der Waals surface area contributed by atoms with Crippen molar-refractivity contribution in [3.8, 4) is 5.75 Å². The molecule has 128 valence electrons. The summed E-state index contributed by atoms with van der Waals surface area (Å²) in [4.78, 5) is 23.1. The van der Waals surface area contributed by atoms with Crippen LogP contribution in [0, 0.1) is 0 Å². The highest BCUT2D eigenvalue weighted by molar-refractivity contribution is 14.1. The predicted octanol–water partition coefficient (Wildman–Crippen LogP) is 3.63. The highest BCUT2D eigenvalue weighted by Crippen LogP contribution is 2.26. The molecule has 0 heterocycles. The molecule has 0 aliphatic heterocycles. The molecule has 23 heavy (non-hydrogen) atoms. The minimum atomic E-state index is -1.15. The Balaban J connectivity index is 2.78. The molecule has 1 atom stereocenters. The van der Waals surface area contributed by atoms with Crippen molar-refractivity contribution in [3.05, 3.63) is 28.8 Å². The Morgan fingerprint density at radius 3 is 2.52 bits per heavy atom. The van der Waals surface area contributed by atoms with E-state index in [4.69, 9.17) is 21.1 Å². The van der Waals surface area contributed by atoms with Crippen molar-refractivity contribution < 1.29 is 24.2 Å². The molecule has 1 rings (SSSR count). The zero-order valence-electron chi connectivity index (χ0n) is 13.1. The molecule has 0 saturated heterocycles. The lowest BCUT2D eigenvalue weighted by Crippen LogP contribution is -2.44. The maximum atomic E-state index is 11.7. The van der Waals surface area contributed by atoms with Gasteiger partial charge in [-0.2, -0.15) is 0 Å². The van der Waals surface area contributed by atoms with Crippen LogP contribution in [0.5, 0.6) is 5.75 Å². The predicted molar refractivity (Wildman–Crippen MR) is 95.5 cm³/mol. The second-order valence-electron chi connectivity index (χ2n) is 5.76. The first-order valence-corrected chi connectivity index (χ1v) is 8.72. The van der Waals surface area contributed by atoms with Crippen LogP contribution in [0.25, 0.3) is 0 Å². The van der Waals surface area contributed by atoms with Crippen molar-refractivity contribution in [2.45, 2.75) is 38.8 Å². The van der Waals surface area contributed by atoms with E-state index in [1.165, 1.54) is 0 Å². The average molecular weight is 456 g/mol. The molecule has 1 aromatic carbocycles. The second kappa shape index (κ2) is 8.58. The number of alkyl halides is 1. The number of carboxylic acid groups (broad SMARTS) is 1. The highest BCUT2D eigenvalue weighted by atomic mass is 127. The van der Waals surface area contributed by atoms with E-state index in [2.05, 4.69) is 5.32 Å². The summed E-state index contributed by atoms with van der Waals surface area (Å²) < 4.78 is 10.8. The van der Waals surface area contributed by atoms with Crippen LogP contribution in [-0.4, -0.2) is 33.4 Å². The standard InChI is InChI=1S/C15H19ClINO5/c1-15(2,3)23-14(21)18-11(13(19)20)7-9-4-5-12(22-8-17)10(16)6-9/h4-6,11H,7-8H2,1-3H3,(H,18,21)(H,19,20)/t11-/m0/s1. The number of rotatable bonds is 6. The monoisotopic (exact) mass is 455 g/mol. The molecule has 0 saturated carbocycles. The third-order valence-electron chi connectivity index (χ3n) is 2.64. The lowest BCUT2D eigenvalue weighted by atomic mass is 10.1. The molecule has 1 amide bonds. The topological polar surface area (TPSA) is 84.9 Å². The normalized spacial score (nSPS) is 12.4. The first kappa shape index (κ1) is 19.8. The first-order chi connectivity index (χ1) is 10.6. The number of halogens is 2. The minimum Gasteiger partial charge on any atom is -0.482 e. The number of ether oxygens (including phenoxy) is 2. The van der Waals surface area contributed by atoms with Crippen LogP contribution in [0.1, 0.15) is 26.3 Å². The van der Waals surface area contributed by atoms with E-state index in [-0.39, 0.29) is 6.42 Å². The minimum absolute atomic E-state index is 0.0822. The Kier molecular flexibility index (Phi) is 7.40. The van der Waals surface area contributed by atoms with E-state index in [0.717, 1.165) is 0 Å². The van der Waals surface area contributed by atoms with Crippen LogP contribution in [0.15, 0.2) is 18.2 Å². The number of amides is 1. The molecule has 0 unspecified atom stereocenters. The summed E-state index contributed by atoms with van der Waals surface area (Å²) in [5.41, 5.74) is -0.0335. The fourth-order valence-electron chi connectivity index (χ4n) is 1.73. The summed E-state index contributed by atoms with van der Waals surface area (Å²) >= 11 is 8.12. The van der Waals surface area contributed by atoms with Crippen LogP contribution in [0.2, 0.25) is 5.02 Å². The van der Waals surface area contributed by atoms with Crippen molar-refractivity contribution in [1.29, 1.82) is 0 Å². The summed E-state index contributed by atoms with van der Waals surface area (Å²) in [5.74, 6) is -0.628. The molecule has 0 bridgehead atoms. The molecule has 0 aromatic heterocycles. The van der Waals surface area contributed by atoms with Gasteiger partial charge in [0.05, 0.1) is 5.02 Å². The molecular weight excluding hydrogens is 437 g/mol. The van der Waals surface area contributed by atoms with Crippen molar-refractivity contribution in [2.75, 3.05) is 4.61 Å². The van der Waals surface area contributed by atoms with Gasteiger partial charge in [0, 0.05) is 6.42 Å². The van der Waals surface area contributed by atoms with Gasteiger partial charge in [0.25, 0.3) is 0 Å². The van der Waals surface area contributed by atoms with Crippen LogP contribution < -0.4 is 10.1 Å². The molecule has 0 aliphatic rings. The van der Waals surface area contributed by atoms with E-state index in [1.54, 1.807) is 39.0 Å². The van der Waals surface area contributed by atoms with Gasteiger partial charge < -0.3 is 19.9 Å². The van der Waals surface area contributed by atoms with Gasteiger partial charge in [-0.05, 0) is 61.1 Å². The third kappa shape index (κ3) is 7.26. The molecule has 6 nitrogen and oxygen atoms in total. The number of carboxylic acids is 1. The van der Waals surface area contributed by atoms with Crippen LogP contribution in [0.3, 0.4) is 0 Å². The Morgan fingerprint density at radius 1 is 1.39 bits per heavy atom. The van der Waals surface area contributed by atoms with Crippen molar-refractivity contribution >= 4 is 46.3 Å². The van der Waals surface area contributed by atoms with Gasteiger partial charge in [-0.3, -0.25) is 0 Å². The Morgan fingerprint density at radius 2 is 2.04 bits per heavy atom. The summed E-state index contributed by atoms with van der Waals surface area (Å²) in [6.45, 7) is 5.11. The molecule has 0 spiro atoms. The lowest BCUT2D eigenvalue weighted by Gasteiger charge is -2.22. The van der Waals surface area contributed by atoms with Gasteiger partial charge in [0.15, 0.2) is 0 Å². The molecular formula is C15H19ClINO5. The molecule has 2 N–H and O–H groups in total.